The van der Waals surface area contributed by atoms with Gasteiger partial charge in [0, 0.05) is 6.04 Å². The van der Waals surface area contributed by atoms with E-state index in [1.807, 2.05) is 45.0 Å². The van der Waals surface area contributed by atoms with Crippen LogP contribution in [-0.4, -0.2) is 14.5 Å². The largest absolute Gasteiger partial charge is 0.216 e. The summed E-state index contributed by atoms with van der Waals surface area (Å²) in [6.07, 6.45) is 0. The molecule has 0 fully saturated rings. The SMILES string of the molecule is Cc1ccc(CS(=O)(=O)NC(C)C)cc1. The van der Waals surface area contributed by atoms with Gasteiger partial charge in [0.05, 0.1) is 5.75 Å². The number of hydrogen-bond donors (Lipinski definition) is 1. The van der Waals surface area contributed by atoms with Crippen LogP contribution in [0.1, 0.15) is 25.0 Å². The molecule has 3 nitrogen and oxygen atoms in total. The average molecular weight is 227 g/mol. The highest BCUT2D eigenvalue weighted by molar-refractivity contribution is 7.88. The third kappa shape index (κ3) is 4.44. The Labute approximate surface area is 91.6 Å². The van der Waals surface area contributed by atoms with Crippen molar-refractivity contribution in [2.24, 2.45) is 0 Å². The Hall–Kier alpha value is -0.870. The molecule has 0 aliphatic rings. The van der Waals surface area contributed by atoms with Gasteiger partial charge in [-0.1, -0.05) is 29.8 Å². The van der Waals surface area contributed by atoms with Gasteiger partial charge < -0.3 is 0 Å². The van der Waals surface area contributed by atoms with E-state index >= 15 is 0 Å². The molecular formula is C11H17NO2S. The molecule has 0 heterocycles. The number of sulfonamides is 1. The maximum Gasteiger partial charge on any atom is 0.216 e. The monoisotopic (exact) mass is 227 g/mol. The summed E-state index contributed by atoms with van der Waals surface area (Å²) in [7, 11) is -3.20. The van der Waals surface area contributed by atoms with Gasteiger partial charge in [-0.25, -0.2) is 13.1 Å². The lowest BCUT2D eigenvalue weighted by Crippen LogP contribution is -2.31. The second kappa shape index (κ2) is 4.77. The number of aryl methyl sites for hydroxylation is 1. The van der Waals surface area contributed by atoms with E-state index in [0.717, 1.165) is 11.1 Å². The summed E-state index contributed by atoms with van der Waals surface area (Å²) in [5.41, 5.74) is 1.95. The van der Waals surface area contributed by atoms with Crippen LogP contribution >= 0.6 is 0 Å². The van der Waals surface area contributed by atoms with Crippen molar-refractivity contribution in [3.8, 4) is 0 Å². The van der Waals surface area contributed by atoms with Crippen LogP contribution in [-0.2, 0) is 15.8 Å². The zero-order chi connectivity index (χ0) is 11.5. The summed E-state index contributed by atoms with van der Waals surface area (Å²) in [4.78, 5) is 0. The molecule has 0 aromatic heterocycles. The third-order valence-electron chi connectivity index (χ3n) is 1.89. The summed E-state index contributed by atoms with van der Waals surface area (Å²) in [6, 6.07) is 7.46. The Morgan fingerprint density at radius 3 is 2.20 bits per heavy atom. The van der Waals surface area contributed by atoms with Gasteiger partial charge in [-0.2, -0.15) is 0 Å². The number of benzene rings is 1. The molecule has 0 saturated carbocycles. The topological polar surface area (TPSA) is 46.2 Å². The Balaban J connectivity index is 2.73. The fraction of sp³-hybridized carbons (Fsp3) is 0.455. The molecule has 1 N–H and O–H groups in total. The summed E-state index contributed by atoms with van der Waals surface area (Å²) < 4.78 is 25.7. The Kier molecular flexibility index (Phi) is 3.88. The third-order valence-corrected chi connectivity index (χ3v) is 3.44. The van der Waals surface area contributed by atoms with Crippen LogP contribution in [0.15, 0.2) is 24.3 Å². The minimum atomic E-state index is -3.20. The average Bonchev–Trinajstić information content (AvgIpc) is 2.06. The van der Waals surface area contributed by atoms with Crippen LogP contribution in [0.25, 0.3) is 0 Å². The highest BCUT2D eigenvalue weighted by Crippen LogP contribution is 2.07. The minimum absolute atomic E-state index is 0.0471. The first-order valence-corrected chi connectivity index (χ1v) is 6.60. The van der Waals surface area contributed by atoms with Crippen LogP contribution in [0.3, 0.4) is 0 Å². The first-order chi connectivity index (χ1) is 6.89. The van der Waals surface area contributed by atoms with E-state index in [4.69, 9.17) is 0 Å². The quantitative estimate of drug-likeness (QED) is 0.853. The predicted octanol–water partition coefficient (Wildman–Crippen LogP) is 1.82. The molecule has 84 valence electrons. The van der Waals surface area contributed by atoms with Crippen molar-refractivity contribution in [3.63, 3.8) is 0 Å². The van der Waals surface area contributed by atoms with E-state index in [9.17, 15) is 8.42 Å². The molecule has 0 aliphatic heterocycles. The summed E-state index contributed by atoms with van der Waals surface area (Å²) in [5, 5.41) is 0. The van der Waals surface area contributed by atoms with E-state index < -0.39 is 10.0 Å². The lowest BCUT2D eigenvalue weighted by atomic mass is 10.2. The van der Waals surface area contributed by atoms with Gasteiger partial charge in [0.15, 0.2) is 0 Å². The normalized spacial score (nSPS) is 12.0. The molecule has 0 saturated heterocycles. The van der Waals surface area contributed by atoms with Crippen molar-refractivity contribution in [2.75, 3.05) is 0 Å². The van der Waals surface area contributed by atoms with Gasteiger partial charge in [-0.05, 0) is 26.3 Å². The standard InChI is InChI=1S/C11H17NO2S/c1-9(2)12-15(13,14)8-11-6-4-10(3)5-7-11/h4-7,9,12H,8H2,1-3H3. The molecule has 0 unspecified atom stereocenters. The van der Waals surface area contributed by atoms with Gasteiger partial charge in [0.25, 0.3) is 0 Å². The van der Waals surface area contributed by atoms with Gasteiger partial charge in [0.2, 0.25) is 10.0 Å². The smallest absolute Gasteiger partial charge is 0.212 e. The molecule has 15 heavy (non-hydrogen) atoms. The van der Waals surface area contributed by atoms with Gasteiger partial charge in [-0.15, -0.1) is 0 Å². The van der Waals surface area contributed by atoms with Crippen LogP contribution in [0.4, 0.5) is 0 Å². The maximum atomic E-state index is 11.6. The van der Waals surface area contributed by atoms with Crippen molar-refractivity contribution in [2.45, 2.75) is 32.6 Å². The van der Waals surface area contributed by atoms with E-state index in [1.54, 1.807) is 0 Å². The fourth-order valence-electron chi connectivity index (χ4n) is 1.30. The molecule has 0 atom stereocenters. The summed E-state index contributed by atoms with van der Waals surface area (Å²) in [6.45, 7) is 5.60. The zero-order valence-electron chi connectivity index (χ0n) is 9.32. The highest BCUT2D eigenvalue weighted by atomic mass is 32.2. The zero-order valence-corrected chi connectivity index (χ0v) is 10.1. The molecule has 4 heteroatoms. The van der Waals surface area contributed by atoms with Crippen LogP contribution in [0.5, 0.6) is 0 Å². The summed E-state index contributed by atoms with van der Waals surface area (Å²) >= 11 is 0. The number of nitrogens with one attached hydrogen (secondary N) is 1. The number of rotatable bonds is 4. The molecule has 0 bridgehead atoms. The van der Waals surface area contributed by atoms with Gasteiger partial charge >= 0.3 is 0 Å². The van der Waals surface area contributed by atoms with Crippen LogP contribution < -0.4 is 4.72 Å². The van der Waals surface area contributed by atoms with Crippen LogP contribution in [0.2, 0.25) is 0 Å². The van der Waals surface area contributed by atoms with E-state index in [0.29, 0.717) is 0 Å². The van der Waals surface area contributed by atoms with Gasteiger partial charge in [-0.3, -0.25) is 0 Å². The fourth-order valence-corrected chi connectivity index (χ4v) is 2.74. The second-order valence-corrected chi connectivity index (χ2v) is 5.77. The molecule has 1 aromatic carbocycles. The van der Waals surface area contributed by atoms with Gasteiger partial charge in [0.1, 0.15) is 0 Å². The maximum absolute atomic E-state index is 11.6. The molecule has 0 amide bonds. The Morgan fingerprint density at radius 1 is 1.20 bits per heavy atom. The van der Waals surface area contributed by atoms with Crippen molar-refractivity contribution >= 4 is 10.0 Å². The Morgan fingerprint density at radius 2 is 1.73 bits per heavy atom. The Bertz CT molecular complexity index is 407. The molecular weight excluding hydrogens is 210 g/mol. The first kappa shape index (κ1) is 12.2. The second-order valence-electron chi connectivity index (χ2n) is 4.02. The molecule has 1 aromatic rings. The molecule has 0 radical (unpaired) electrons. The van der Waals surface area contributed by atoms with Crippen molar-refractivity contribution in [1.82, 2.24) is 4.72 Å². The molecule has 1 rings (SSSR count). The van der Waals surface area contributed by atoms with Crippen molar-refractivity contribution < 1.29 is 8.42 Å². The summed E-state index contributed by atoms with van der Waals surface area (Å²) in [5.74, 6) is 0.0471. The molecule has 0 aliphatic carbocycles. The van der Waals surface area contributed by atoms with Crippen molar-refractivity contribution in [1.29, 1.82) is 0 Å². The predicted molar refractivity (Wildman–Crippen MR) is 62.1 cm³/mol. The lowest BCUT2D eigenvalue weighted by molar-refractivity contribution is 0.569. The van der Waals surface area contributed by atoms with Crippen LogP contribution in [0, 0.1) is 6.92 Å². The lowest BCUT2D eigenvalue weighted by Gasteiger charge is -2.09. The molecule has 0 spiro atoms. The highest BCUT2D eigenvalue weighted by Gasteiger charge is 2.12. The van der Waals surface area contributed by atoms with Crippen molar-refractivity contribution in [3.05, 3.63) is 35.4 Å². The van der Waals surface area contributed by atoms with E-state index in [2.05, 4.69) is 4.72 Å². The minimum Gasteiger partial charge on any atom is -0.212 e. The van der Waals surface area contributed by atoms with E-state index in [1.165, 1.54) is 0 Å². The first-order valence-electron chi connectivity index (χ1n) is 4.94. The number of hydrogen-bond acceptors (Lipinski definition) is 2. The van der Waals surface area contributed by atoms with E-state index in [-0.39, 0.29) is 11.8 Å².